The molecule has 0 amide bonds. The summed E-state index contributed by atoms with van der Waals surface area (Å²) < 4.78 is 4.98. The summed E-state index contributed by atoms with van der Waals surface area (Å²) in [6, 6.07) is 2.78. The average molecular weight is 225 g/mol. The van der Waals surface area contributed by atoms with E-state index in [4.69, 9.17) is 21.1 Å². The average Bonchev–Trinajstić information content (AvgIpc) is 2.69. The first kappa shape index (κ1) is 9.67. The first-order chi connectivity index (χ1) is 7.16. The summed E-state index contributed by atoms with van der Waals surface area (Å²) in [5, 5.41) is 9.05. The quantitative estimate of drug-likeness (QED) is 0.845. The zero-order chi connectivity index (χ0) is 10.8. The maximum atomic E-state index is 10.7. The molecule has 0 bridgehead atoms. The van der Waals surface area contributed by atoms with Crippen LogP contribution in [-0.4, -0.2) is 21.0 Å². The molecule has 0 radical (unpaired) electrons. The van der Waals surface area contributed by atoms with Crippen LogP contribution in [-0.2, 0) is 0 Å². The van der Waals surface area contributed by atoms with Crippen LogP contribution in [0.3, 0.4) is 0 Å². The third-order valence-electron chi connectivity index (χ3n) is 1.69. The van der Waals surface area contributed by atoms with Crippen LogP contribution in [0.2, 0.25) is 5.02 Å². The maximum absolute atomic E-state index is 10.7. The first-order valence-corrected chi connectivity index (χ1v) is 4.34. The summed E-state index contributed by atoms with van der Waals surface area (Å²) in [5.74, 6) is -0.765. The van der Waals surface area contributed by atoms with E-state index in [1.165, 1.54) is 24.7 Å². The van der Waals surface area contributed by atoms with Crippen LogP contribution >= 0.6 is 11.6 Å². The molecular formula is C9H5ClN2O3. The Labute approximate surface area is 89.3 Å². The van der Waals surface area contributed by atoms with E-state index in [1.807, 2.05) is 0 Å². The highest BCUT2D eigenvalue weighted by molar-refractivity contribution is 6.31. The second-order valence-corrected chi connectivity index (χ2v) is 3.16. The molecule has 0 unspecified atom stereocenters. The van der Waals surface area contributed by atoms with Gasteiger partial charge >= 0.3 is 5.97 Å². The highest BCUT2D eigenvalue weighted by Gasteiger charge is 2.11. The van der Waals surface area contributed by atoms with Gasteiger partial charge in [0.05, 0.1) is 6.20 Å². The molecule has 0 atom stereocenters. The molecule has 0 aliphatic carbocycles. The Bertz CT molecular complexity index is 496. The van der Waals surface area contributed by atoms with Gasteiger partial charge in [0.25, 0.3) is 0 Å². The summed E-state index contributed by atoms with van der Waals surface area (Å²) in [4.78, 5) is 18.3. The number of oxazole rings is 1. The number of halogens is 1. The van der Waals surface area contributed by atoms with Crippen molar-refractivity contribution >= 4 is 17.6 Å². The summed E-state index contributed by atoms with van der Waals surface area (Å²) in [7, 11) is 0. The molecular weight excluding hydrogens is 220 g/mol. The fourth-order valence-corrected chi connectivity index (χ4v) is 1.28. The maximum Gasteiger partial charge on any atom is 0.354 e. The Hall–Kier alpha value is -1.88. The van der Waals surface area contributed by atoms with Crippen molar-refractivity contribution in [2.45, 2.75) is 0 Å². The van der Waals surface area contributed by atoms with Gasteiger partial charge in [-0.1, -0.05) is 11.6 Å². The van der Waals surface area contributed by atoms with Crippen LogP contribution in [0, 0.1) is 0 Å². The number of pyridine rings is 1. The van der Waals surface area contributed by atoms with Crippen LogP contribution in [0.4, 0.5) is 0 Å². The molecule has 0 saturated carbocycles. The zero-order valence-electron chi connectivity index (χ0n) is 7.35. The van der Waals surface area contributed by atoms with E-state index < -0.39 is 5.97 Å². The molecule has 2 aromatic rings. The number of rotatable bonds is 2. The lowest BCUT2D eigenvalue weighted by Gasteiger charge is -1.99. The third-order valence-corrected chi connectivity index (χ3v) is 1.91. The van der Waals surface area contributed by atoms with Gasteiger partial charge in [0.15, 0.2) is 17.8 Å². The minimum Gasteiger partial charge on any atom is -0.477 e. The van der Waals surface area contributed by atoms with Crippen LogP contribution in [0.25, 0.3) is 11.5 Å². The molecule has 5 nitrogen and oxygen atoms in total. The van der Waals surface area contributed by atoms with E-state index in [1.54, 1.807) is 0 Å². The van der Waals surface area contributed by atoms with Crippen molar-refractivity contribution < 1.29 is 14.3 Å². The Balaban J connectivity index is 2.54. The largest absolute Gasteiger partial charge is 0.477 e. The fourth-order valence-electron chi connectivity index (χ4n) is 1.08. The van der Waals surface area contributed by atoms with Crippen LogP contribution in [0.15, 0.2) is 29.1 Å². The van der Waals surface area contributed by atoms with Crippen molar-refractivity contribution in [1.82, 2.24) is 9.97 Å². The van der Waals surface area contributed by atoms with E-state index in [0.717, 1.165) is 0 Å². The second kappa shape index (κ2) is 3.70. The molecule has 0 aliphatic rings. The predicted molar refractivity (Wildman–Crippen MR) is 51.7 cm³/mol. The number of aromatic carboxylic acids is 1. The minimum atomic E-state index is -1.14. The van der Waals surface area contributed by atoms with Gasteiger partial charge in [-0.25, -0.2) is 14.8 Å². The Morgan fingerprint density at radius 3 is 2.87 bits per heavy atom. The number of aromatic nitrogens is 2. The van der Waals surface area contributed by atoms with Crippen LogP contribution < -0.4 is 0 Å². The lowest BCUT2D eigenvalue weighted by atomic mass is 10.2. The molecule has 2 aromatic heterocycles. The summed E-state index contributed by atoms with van der Waals surface area (Å²) >= 11 is 5.75. The van der Waals surface area contributed by atoms with Gasteiger partial charge < -0.3 is 9.52 Å². The normalized spacial score (nSPS) is 10.2. The SMILES string of the molecule is O=C(O)c1cc(Cl)cc(-c2cnco2)n1. The van der Waals surface area contributed by atoms with E-state index in [9.17, 15) is 4.79 Å². The van der Waals surface area contributed by atoms with Crippen molar-refractivity contribution in [1.29, 1.82) is 0 Å². The summed E-state index contributed by atoms with van der Waals surface area (Å²) in [6.45, 7) is 0. The number of carbonyl (C=O) groups is 1. The Kier molecular flexibility index (Phi) is 2.39. The van der Waals surface area contributed by atoms with Crippen molar-refractivity contribution in [3.05, 3.63) is 35.4 Å². The molecule has 0 fully saturated rings. The van der Waals surface area contributed by atoms with Crippen LogP contribution in [0.5, 0.6) is 0 Å². The van der Waals surface area contributed by atoms with Crippen molar-refractivity contribution in [2.24, 2.45) is 0 Å². The number of hydrogen-bond donors (Lipinski definition) is 1. The van der Waals surface area contributed by atoms with Gasteiger partial charge in [-0.3, -0.25) is 0 Å². The zero-order valence-corrected chi connectivity index (χ0v) is 8.10. The van der Waals surface area contributed by atoms with Crippen molar-refractivity contribution in [3.8, 4) is 11.5 Å². The Morgan fingerprint density at radius 2 is 2.27 bits per heavy atom. The van der Waals surface area contributed by atoms with Crippen molar-refractivity contribution in [2.75, 3.05) is 0 Å². The van der Waals surface area contributed by atoms with E-state index >= 15 is 0 Å². The molecule has 0 aromatic carbocycles. The number of nitrogens with zero attached hydrogens (tertiary/aromatic N) is 2. The highest BCUT2D eigenvalue weighted by Crippen LogP contribution is 2.21. The topological polar surface area (TPSA) is 76.2 Å². The molecule has 6 heteroatoms. The van der Waals surface area contributed by atoms with E-state index in [0.29, 0.717) is 11.5 Å². The van der Waals surface area contributed by atoms with E-state index in [-0.39, 0.29) is 10.7 Å². The number of carboxylic acids is 1. The third kappa shape index (κ3) is 1.97. The lowest BCUT2D eigenvalue weighted by Crippen LogP contribution is -2.00. The van der Waals surface area contributed by atoms with Gasteiger partial charge in [0.2, 0.25) is 0 Å². The van der Waals surface area contributed by atoms with Crippen LogP contribution in [0.1, 0.15) is 10.5 Å². The minimum absolute atomic E-state index is 0.131. The molecule has 0 saturated heterocycles. The first-order valence-electron chi connectivity index (χ1n) is 3.96. The standard InChI is InChI=1S/C9H5ClN2O3/c10-5-1-6(8-3-11-4-15-8)12-7(2-5)9(13)14/h1-4H,(H,13,14). The fraction of sp³-hybridized carbons (Fsp3) is 0. The smallest absolute Gasteiger partial charge is 0.354 e. The molecule has 2 heterocycles. The van der Waals surface area contributed by atoms with Gasteiger partial charge in [-0.2, -0.15) is 0 Å². The summed E-state index contributed by atoms with van der Waals surface area (Å²) in [5.41, 5.74) is 0.214. The molecule has 0 aliphatic heterocycles. The van der Waals surface area contributed by atoms with Gasteiger partial charge in [-0.15, -0.1) is 0 Å². The van der Waals surface area contributed by atoms with Gasteiger partial charge in [0, 0.05) is 5.02 Å². The highest BCUT2D eigenvalue weighted by atomic mass is 35.5. The molecule has 0 spiro atoms. The Morgan fingerprint density at radius 1 is 1.47 bits per heavy atom. The number of carboxylic acid groups (broad SMARTS) is 1. The lowest BCUT2D eigenvalue weighted by molar-refractivity contribution is 0.0690. The second-order valence-electron chi connectivity index (χ2n) is 2.73. The predicted octanol–water partition coefficient (Wildman–Crippen LogP) is 2.09. The molecule has 15 heavy (non-hydrogen) atoms. The molecule has 76 valence electrons. The number of hydrogen-bond acceptors (Lipinski definition) is 4. The van der Waals surface area contributed by atoms with Gasteiger partial charge in [-0.05, 0) is 12.1 Å². The van der Waals surface area contributed by atoms with E-state index in [2.05, 4.69) is 9.97 Å². The van der Waals surface area contributed by atoms with Crippen molar-refractivity contribution in [3.63, 3.8) is 0 Å². The monoisotopic (exact) mass is 224 g/mol. The molecule has 1 N–H and O–H groups in total. The molecule has 2 rings (SSSR count). The van der Waals surface area contributed by atoms with Gasteiger partial charge in [0.1, 0.15) is 5.69 Å². The summed E-state index contributed by atoms with van der Waals surface area (Å²) in [6.07, 6.45) is 2.67.